The van der Waals surface area contributed by atoms with Gasteiger partial charge in [0.2, 0.25) is 5.91 Å². The summed E-state index contributed by atoms with van der Waals surface area (Å²) in [6.45, 7) is 0.512. The van der Waals surface area contributed by atoms with Crippen molar-refractivity contribution in [3.05, 3.63) is 23.8 Å². The largest absolute Gasteiger partial charge is 0.493 e. The minimum atomic E-state index is -0.445. The molecule has 1 N–H and O–H groups in total. The molecule has 1 amide bonds. The monoisotopic (exact) mass is 305 g/mol. The van der Waals surface area contributed by atoms with E-state index in [9.17, 15) is 9.59 Å². The summed E-state index contributed by atoms with van der Waals surface area (Å²) in [5.41, 5.74) is 1.05. The summed E-state index contributed by atoms with van der Waals surface area (Å²) in [6.07, 6.45) is 3.77. The molecule has 2 rings (SSSR count). The van der Waals surface area contributed by atoms with Crippen LogP contribution in [0.3, 0.4) is 0 Å². The van der Waals surface area contributed by atoms with Crippen LogP contribution in [0.2, 0.25) is 0 Å². The molecule has 5 nitrogen and oxygen atoms in total. The maximum atomic E-state index is 12.0. The van der Waals surface area contributed by atoms with Crippen molar-refractivity contribution < 1.29 is 19.1 Å². The lowest BCUT2D eigenvalue weighted by Crippen LogP contribution is -2.37. The number of carbonyl (C=O) groups is 2. The van der Waals surface area contributed by atoms with Crippen LogP contribution in [0.4, 0.5) is 0 Å². The van der Waals surface area contributed by atoms with E-state index < -0.39 is 5.92 Å². The van der Waals surface area contributed by atoms with Gasteiger partial charge in [-0.05, 0) is 37.0 Å². The van der Waals surface area contributed by atoms with Crippen LogP contribution in [0.5, 0.6) is 11.5 Å². The molecule has 120 valence electrons. The third-order valence-corrected chi connectivity index (χ3v) is 4.03. The number of amides is 1. The Morgan fingerprint density at radius 2 is 2.00 bits per heavy atom. The van der Waals surface area contributed by atoms with Crippen molar-refractivity contribution >= 4 is 11.7 Å². The Hall–Kier alpha value is -2.04. The molecule has 0 spiro atoms. The number of nitrogens with one attached hydrogen (secondary N) is 1. The molecule has 0 heterocycles. The van der Waals surface area contributed by atoms with E-state index in [1.807, 2.05) is 18.2 Å². The van der Waals surface area contributed by atoms with Gasteiger partial charge in [0, 0.05) is 13.0 Å². The number of ketones is 1. The number of hydrogen-bond donors (Lipinski definition) is 1. The molecule has 1 saturated carbocycles. The zero-order valence-corrected chi connectivity index (χ0v) is 13.2. The highest BCUT2D eigenvalue weighted by Crippen LogP contribution is 2.27. The number of methoxy groups -OCH3 is 2. The van der Waals surface area contributed by atoms with Gasteiger partial charge in [0.1, 0.15) is 5.78 Å². The standard InChI is InChI=1S/C17H23NO4/c1-21-15-8-7-12(11-16(15)22-2)9-10-18-17(20)13-5-3-4-6-14(13)19/h7-8,11,13H,3-6,9-10H2,1-2H3,(H,18,20). The van der Waals surface area contributed by atoms with Crippen molar-refractivity contribution in [3.63, 3.8) is 0 Å². The molecular weight excluding hydrogens is 282 g/mol. The van der Waals surface area contributed by atoms with Gasteiger partial charge in [-0.3, -0.25) is 9.59 Å². The van der Waals surface area contributed by atoms with Crippen molar-refractivity contribution in [3.8, 4) is 11.5 Å². The lowest BCUT2D eigenvalue weighted by molar-refractivity contribution is -0.135. The third kappa shape index (κ3) is 4.00. The van der Waals surface area contributed by atoms with Crippen LogP contribution in [-0.2, 0) is 16.0 Å². The van der Waals surface area contributed by atoms with Crippen LogP contribution in [0.25, 0.3) is 0 Å². The Balaban J connectivity index is 1.85. The molecule has 0 aliphatic heterocycles. The molecule has 1 atom stereocenters. The second-order valence-corrected chi connectivity index (χ2v) is 5.50. The van der Waals surface area contributed by atoms with Crippen molar-refractivity contribution in [1.82, 2.24) is 5.32 Å². The van der Waals surface area contributed by atoms with Crippen LogP contribution >= 0.6 is 0 Å². The first-order valence-corrected chi connectivity index (χ1v) is 7.67. The van der Waals surface area contributed by atoms with E-state index in [-0.39, 0.29) is 11.7 Å². The zero-order valence-electron chi connectivity index (χ0n) is 13.2. The molecule has 1 fully saturated rings. The summed E-state index contributed by atoms with van der Waals surface area (Å²) in [6, 6.07) is 5.69. The Labute approximate surface area is 131 Å². The normalized spacial score (nSPS) is 17.9. The molecule has 0 radical (unpaired) electrons. The Morgan fingerprint density at radius 1 is 1.23 bits per heavy atom. The fraction of sp³-hybridized carbons (Fsp3) is 0.529. The summed E-state index contributed by atoms with van der Waals surface area (Å²) < 4.78 is 10.4. The van der Waals surface area contributed by atoms with Crippen molar-refractivity contribution in [1.29, 1.82) is 0 Å². The highest BCUT2D eigenvalue weighted by atomic mass is 16.5. The van der Waals surface area contributed by atoms with Gasteiger partial charge in [-0.1, -0.05) is 12.5 Å². The van der Waals surface area contributed by atoms with Crippen molar-refractivity contribution in [2.24, 2.45) is 5.92 Å². The third-order valence-electron chi connectivity index (χ3n) is 4.03. The van der Waals surface area contributed by atoms with Gasteiger partial charge >= 0.3 is 0 Å². The van der Waals surface area contributed by atoms with Crippen LogP contribution in [0, 0.1) is 5.92 Å². The number of hydrogen-bond acceptors (Lipinski definition) is 4. The van der Waals surface area contributed by atoms with E-state index in [0.29, 0.717) is 37.3 Å². The van der Waals surface area contributed by atoms with Gasteiger partial charge in [0.05, 0.1) is 20.1 Å². The van der Waals surface area contributed by atoms with Crippen molar-refractivity contribution in [2.75, 3.05) is 20.8 Å². The average molecular weight is 305 g/mol. The molecule has 0 bridgehead atoms. The lowest BCUT2D eigenvalue weighted by Gasteiger charge is -2.19. The SMILES string of the molecule is COc1ccc(CCNC(=O)C2CCCCC2=O)cc1OC. The predicted octanol–water partition coefficient (Wildman–Crippen LogP) is 2.12. The van der Waals surface area contributed by atoms with E-state index in [1.54, 1.807) is 14.2 Å². The van der Waals surface area contributed by atoms with Gasteiger partial charge < -0.3 is 14.8 Å². The highest BCUT2D eigenvalue weighted by molar-refractivity contribution is 6.01. The summed E-state index contributed by atoms with van der Waals surface area (Å²) >= 11 is 0. The van der Waals surface area contributed by atoms with Crippen molar-refractivity contribution in [2.45, 2.75) is 32.1 Å². The first-order chi connectivity index (χ1) is 10.7. The number of carbonyl (C=O) groups excluding carboxylic acids is 2. The van der Waals surface area contributed by atoms with Crippen LogP contribution in [0.15, 0.2) is 18.2 Å². The fourth-order valence-corrected chi connectivity index (χ4v) is 2.75. The lowest BCUT2D eigenvalue weighted by atomic mass is 9.87. The van der Waals surface area contributed by atoms with Gasteiger partial charge in [-0.15, -0.1) is 0 Å². The van der Waals surface area contributed by atoms with Gasteiger partial charge in [0.25, 0.3) is 0 Å². The summed E-state index contributed by atoms with van der Waals surface area (Å²) in [5.74, 6) is 0.857. The van der Waals surface area contributed by atoms with E-state index in [1.165, 1.54) is 0 Å². The second-order valence-electron chi connectivity index (χ2n) is 5.50. The summed E-state index contributed by atoms with van der Waals surface area (Å²) in [4.78, 5) is 23.8. The highest BCUT2D eigenvalue weighted by Gasteiger charge is 2.28. The van der Waals surface area contributed by atoms with Gasteiger partial charge in [0.15, 0.2) is 11.5 Å². The topological polar surface area (TPSA) is 64.6 Å². The molecular formula is C17H23NO4. The first kappa shape index (κ1) is 16.3. The van der Waals surface area contributed by atoms with Gasteiger partial charge in [-0.25, -0.2) is 0 Å². The smallest absolute Gasteiger partial charge is 0.230 e. The molecule has 1 aromatic carbocycles. The molecule has 1 aromatic rings. The second kappa shape index (κ2) is 7.82. The van der Waals surface area contributed by atoms with Crippen LogP contribution < -0.4 is 14.8 Å². The predicted molar refractivity (Wildman–Crippen MR) is 83.2 cm³/mol. The fourth-order valence-electron chi connectivity index (χ4n) is 2.75. The molecule has 1 aliphatic carbocycles. The minimum Gasteiger partial charge on any atom is -0.493 e. The van der Waals surface area contributed by atoms with E-state index in [0.717, 1.165) is 18.4 Å². The first-order valence-electron chi connectivity index (χ1n) is 7.67. The number of benzene rings is 1. The molecule has 0 saturated heterocycles. The molecule has 5 heteroatoms. The maximum Gasteiger partial charge on any atom is 0.230 e. The molecule has 22 heavy (non-hydrogen) atoms. The maximum absolute atomic E-state index is 12.0. The number of rotatable bonds is 6. The van der Waals surface area contributed by atoms with Crippen LogP contribution in [0.1, 0.15) is 31.2 Å². The zero-order chi connectivity index (χ0) is 15.9. The average Bonchev–Trinajstić information content (AvgIpc) is 2.55. The van der Waals surface area contributed by atoms with E-state index >= 15 is 0 Å². The Kier molecular flexibility index (Phi) is 5.81. The van der Waals surface area contributed by atoms with E-state index in [2.05, 4.69) is 5.32 Å². The number of ether oxygens (including phenoxy) is 2. The van der Waals surface area contributed by atoms with Gasteiger partial charge in [-0.2, -0.15) is 0 Å². The summed E-state index contributed by atoms with van der Waals surface area (Å²) in [5, 5.41) is 2.87. The number of Topliss-reactive ketones (excluding diaryl/α,β-unsaturated/α-hetero) is 1. The molecule has 1 aliphatic rings. The Bertz CT molecular complexity index is 541. The molecule has 0 aromatic heterocycles. The quantitative estimate of drug-likeness (QED) is 0.818. The Morgan fingerprint density at radius 3 is 2.68 bits per heavy atom. The van der Waals surface area contributed by atoms with Crippen LogP contribution in [-0.4, -0.2) is 32.5 Å². The minimum absolute atomic E-state index is 0.0786. The summed E-state index contributed by atoms with van der Waals surface area (Å²) in [7, 11) is 3.19. The van der Waals surface area contributed by atoms with E-state index in [4.69, 9.17) is 9.47 Å². The molecule has 1 unspecified atom stereocenters.